The molecule has 7 heteroatoms. The molecule has 17 aromatic rings. The molecule has 12 aromatic carbocycles. The van der Waals surface area contributed by atoms with Crippen LogP contribution in [0.4, 0.5) is 0 Å². The Morgan fingerprint density at radius 2 is 0.725 bits per heavy atom. The minimum absolute atomic E-state index is 0.552. The lowest BCUT2D eigenvalue weighted by molar-refractivity contribution is 0.669. The average Bonchev–Trinajstić information content (AvgIpc) is 4.30. The van der Waals surface area contributed by atoms with Crippen LogP contribution < -0.4 is 0 Å². The standard InChI is InChI=1S/C73H44N6O/c1-3-21-48(22-4-1)78-64-34-14-9-25-51(64)55-29-17-31-58(69(55)78)72-74-71(75-73(76-72)59-32-18-30-56-52-26-10-15-35-65(52)79(70(56)59)49-23-5-2-6-24-49)57-39-38-50(44-60(57)47-37-40-68-62(42-47)54-28-12-16-36-67(54)80-68)77-63-33-13-11-27-53(63)61-41-45-19-7-8-20-46(45)43-66(61)77/h1-44H. The number of benzene rings is 12. The maximum atomic E-state index is 6.46. The van der Waals surface area contributed by atoms with Crippen LogP contribution in [0.5, 0.6) is 0 Å². The molecule has 5 heterocycles. The van der Waals surface area contributed by atoms with Crippen LogP contribution in [0.3, 0.4) is 0 Å². The molecule has 0 unspecified atom stereocenters. The van der Waals surface area contributed by atoms with Crippen molar-refractivity contribution in [3.8, 4) is 62.4 Å². The minimum Gasteiger partial charge on any atom is -0.456 e. The quantitative estimate of drug-likeness (QED) is 0.160. The van der Waals surface area contributed by atoms with Crippen molar-refractivity contribution in [2.45, 2.75) is 0 Å². The topological polar surface area (TPSA) is 66.6 Å². The lowest BCUT2D eigenvalue weighted by Crippen LogP contribution is -2.04. The summed E-state index contributed by atoms with van der Waals surface area (Å²) in [5.74, 6) is 1.68. The largest absolute Gasteiger partial charge is 0.456 e. The Labute approximate surface area is 458 Å². The molecule has 0 saturated heterocycles. The predicted molar refractivity (Wildman–Crippen MR) is 329 cm³/mol. The molecule has 7 nitrogen and oxygen atoms in total. The van der Waals surface area contributed by atoms with Gasteiger partial charge in [0.1, 0.15) is 11.2 Å². The Morgan fingerprint density at radius 1 is 0.250 bits per heavy atom. The molecule has 0 saturated carbocycles. The summed E-state index contributed by atoms with van der Waals surface area (Å²) in [6.07, 6.45) is 0. The van der Waals surface area contributed by atoms with E-state index in [4.69, 9.17) is 19.4 Å². The van der Waals surface area contributed by atoms with E-state index in [0.717, 1.165) is 121 Å². The highest BCUT2D eigenvalue weighted by atomic mass is 16.3. The number of fused-ring (bicyclic) bond motifs is 13. The lowest BCUT2D eigenvalue weighted by Gasteiger charge is -2.17. The molecule has 0 amide bonds. The zero-order valence-corrected chi connectivity index (χ0v) is 43.0. The zero-order valence-electron chi connectivity index (χ0n) is 43.0. The molecule has 0 fully saturated rings. The van der Waals surface area contributed by atoms with Gasteiger partial charge in [-0.1, -0.05) is 164 Å². The second-order valence-corrected chi connectivity index (χ2v) is 20.7. The van der Waals surface area contributed by atoms with Crippen LogP contribution in [0.2, 0.25) is 0 Å². The second-order valence-electron chi connectivity index (χ2n) is 20.7. The number of rotatable bonds is 7. The van der Waals surface area contributed by atoms with Crippen molar-refractivity contribution in [1.29, 1.82) is 0 Å². The van der Waals surface area contributed by atoms with E-state index >= 15 is 0 Å². The number of furan rings is 1. The van der Waals surface area contributed by atoms with E-state index < -0.39 is 0 Å². The third-order valence-corrected chi connectivity index (χ3v) is 16.3. The molecule has 5 aromatic heterocycles. The number of para-hydroxylation sites is 8. The Morgan fingerprint density at radius 3 is 1.34 bits per heavy atom. The van der Waals surface area contributed by atoms with Crippen molar-refractivity contribution in [1.82, 2.24) is 28.7 Å². The summed E-state index contributed by atoms with van der Waals surface area (Å²) in [4.78, 5) is 17.1. The molecule has 0 bridgehead atoms. The van der Waals surface area contributed by atoms with Crippen LogP contribution >= 0.6 is 0 Å². The Balaban J connectivity index is 0.989. The van der Waals surface area contributed by atoms with E-state index in [1.807, 2.05) is 12.1 Å². The van der Waals surface area contributed by atoms with Gasteiger partial charge < -0.3 is 18.1 Å². The highest BCUT2D eigenvalue weighted by Gasteiger charge is 2.25. The third kappa shape index (κ3) is 6.64. The van der Waals surface area contributed by atoms with Crippen molar-refractivity contribution in [2.24, 2.45) is 0 Å². The van der Waals surface area contributed by atoms with Gasteiger partial charge in [-0.15, -0.1) is 0 Å². The molecule has 0 N–H and O–H groups in total. The SMILES string of the molecule is c1ccc(-n2c3ccccc3c3cccc(-c4nc(-c5ccc(-n6c7ccccc7c7cc8ccccc8cc76)cc5-c5ccc6oc7ccccc7c6c5)nc(-c5cccc6c7ccccc7n(-c7ccccc7)c56)n4)c32)cc1. The number of hydrogen-bond acceptors (Lipinski definition) is 4. The Bertz CT molecular complexity index is 5200. The molecular formula is C73H44N6O. The van der Waals surface area contributed by atoms with Crippen molar-refractivity contribution in [3.63, 3.8) is 0 Å². The normalized spacial score (nSPS) is 12.0. The van der Waals surface area contributed by atoms with E-state index in [9.17, 15) is 0 Å². The van der Waals surface area contributed by atoms with Crippen LogP contribution in [-0.4, -0.2) is 28.7 Å². The summed E-state index contributed by atoms with van der Waals surface area (Å²) in [6.45, 7) is 0. The molecular weight excluding hydrogens is 977 g/mol. The maximum absolute atomic E-state index is 6.46. The van der Waals surface area contributed by atoms with Gasteiger partial charge in [-0.25, -0.2) is 15.0 Å². The van der Waals surface area contributed by atoms with E-state index in [-0.39, 0.29) is 0 Å². The first-order valence-corrected chi connectivity index (χ1v) is 27.1. The molecule has 0 aliphatic carbocycles. The van der Waals surface area contributed by atoms with E-state index in [2.05, 4.69) is 268 Å². The van der Waals surface area contributed by atoms with E-state index in [1.165, 1.54) is 21.5 Å². The van der Waals surface area contributed by atoms with Gasteiger partial charge in [-0.2, -0.15) is 0 Å². The smallest absolute Gasteiger partial charge is 0.166 e. The number of hydrogen-bond donors (Lipinski definition) is 0. The zero-order chi connectivity index (χ0) is 52.4. The summed E-state index contributed by atoms with van der Waals surface area (Å²) in [5.41, 5.74) is 15.9. The monoisotopic (exact) mass is 1020 g/mol. The van der Waals surface area contributed by atoms with Gasteiger partial charge in [0, 0.05) is 76.8 Å². The fourth-order valence-electron chi connectivity index (χ4n) is 12.8. The van der Waals surface area contributed by atoms with Crippen molar-refractivity contribution in [2.75, 3.05) is 0 Å². The van der Waals surface area contributed by atoms with Crippen LogP contribution in [0.1, 0.15) is 0 Å². The molecule has 17 rings (SSSR count). The van der Waals surface area contributed by atoms with Gasteiger partial charge in [0.25, 0.3) is 0 Å². The molecule has 0 aliphatic rings. The summed E-state index contributed by atoms with van der Waals surface area (Å²) < 4.78 is 13.6. The first kappa shape index (κ1) is 44.3. The van der Waals surface area contributed by atoms with Gasteiger partial charge in [0.05, 0.1) is 33.1 Å². The van der Waals surface area contributed by atoms with Crippen LogP contribution in [0, 0.1) is 0 Å². The number of nitrogens with zero attached hydrogens (tertiary/aromatic N) is 6. The summed E-state index contributed by atoms with van der Waals surface area (Å²) >= 11 is 0. The van der Waals surface area contributed by atoms with E-state index in [1.54, 1.807) is 0 Å². The highest BCUT2D eigenvalue weighted by Crippen LogP contribution is 2.44. The molecule has 0 radical (unpaired) electrons. The van der Waals surface area contributed by atoms with Gasteiger partial charge in [0.15, 0.2) is 17.5 Å². The molecule has 0 aliphatic heterocycles. The van der Waals surface area contributed by atoms with Gasteiger partial charge in [-0.3, -0.25) is 0 Å². The van der Waals surface area contributed by atoms with Gasteiger partial charge in [-0.05, 0) is 125 Å². The van der Waals surface area contributed by atoms with Crippen LogP contribution in [-0.2, 0) is 0 Å². The minimum atomic E-state index is 0.552. The molecule has 0 atom stereocenters. The fraction of sp³-hybridized carbons (Fsp3) is 0. The average molecular weight is 1020 g/mol. The Hall–Kier alpha value is -10.9. The molecule has 0 spiro atoms. The third-order valence-electron chi connectivity index (χ3n) is 16.3. The summed E-state index contributed by atoms with van der Waals surface area (Å²) in [7, 11) is 0. The fourth-order valence-corrected chi connectivity index (χ4v) is 12.8. The highest BCUT2D eigenvalue weighted by molar-refractivity contribution is 6.16. The summed E-state index contributed by atoms with van der Waals surface area (Å²) in [5, 5.41) is 11.4. The number of aromatic nitrogens is 6. The second kappa shape index (κ2) is 17.3. The maximum Gasteiger partial charge on any atom is 0.166 e. The molecule has 372 valence electrons. The lowest BCUT2D eigenvalue weighted by atomic mass is 9.96. The van der Waals surface area contributed by atoms with Crippen molar-refractivity contribution < 1.29 is 4.42 Å². The van der Waals surface area contributed by atoms with E-state index in [0.29, 0.717) is 17.5 Å². The Kier molecular flexibility index (Phi) is 9.58. The van der Waals surface area contributed by atoms with Crippen molar-refractivity contribution in [3.05, 3.63) is 267 Å². The first-order chi connectivity index (χ1) is 39.7. The van der Waals surface area contributed by atoms with Crippen LogP contribution in [0.15, 0.2) is 271 Å². The van der Waals surface area contributed by atoms with Crippen molar-refractivity contribution >= 4 is 98.1 Å². The van der Waals surface area contributed by atoms with Gasteiger partial charge in [0.2, 0.25) is 0 Å². The predicted octanol–water partition coefficient (Wildman–Crippen LogP) is 18.9. The van der Waals surface area contributed by atoms with Gasteiger partial charge >= 0.3 is 0 Å². The first-order valence-electron chi connectivity index (χ1n) is 27.1. The van der Waals surface area contributed by atoms with Crippen LogP contribution in [0.25, 0.3) is 160 Å². The molecule has 80 heavy (non-hydrogen) atoms. The summed E-state index contributed by atoms with van der Waals surface area (Å²) in [6, 6.07) is 95.1.